The molecule has 6 nitrogen and oxygen atoms in total. The molecule has 0 radical (unpaired) electrons. The molecule has 31 heavy (non-hydrogen) atoms. The van der Waals surface area contributed by atoms with E-state index in [0.717, 1.165) is 11.3 Å². The van der Waals surface area contributed by atoms with Gasteiger partial charge in [-0.2, -0.15) is 0 Å². The molecular weight excluding hydrogens is 432 g/mol. The Morgan fingerprint density at radius 3 is 2.35 bits per heavy atom. The van der Waals surface area contributed by atoms with E-state index in [1.807, 2.05) is 31.2 Å². The molecule has 2 heterocycles. The third-order valence-electron chi connectivity index (χ3n) is 4.86. The minimum Gasteiger partial charge on any atom is -0.261 e. The molecule has 0 aliphatic carbocycles. The Hall–Kier alpha value is -2.90. The second-order valence-corrected chi connectivity index (χ2v) is 10.6. The first-order valence-corrected chi connectivity index (χ1v) is 11.7. The van der Waals surface area contributed by atoms with Crippen LogP contribution in [0.2, 0.25) is 5.02 Å². The zero-order chi connectivity index (χ0) is 22.4. The standard InChI is InChI=1S/C23H23ClN4O2S/c1-15-12-16(24)14-17(13-15)28-22-19(10-11-20(25-22)23(2,3)4)21(26-28)27-31(29,30)18-8-6-5-7-9-18/h5-14H,1-4H3,(H,26,27). The molecule has 8 heteroatoms. The van der Waals surface area contributed by atoms with Gasteiger partial charge in [-0.1, -0.05) is 50.6 Å². The summed E-state index contributed by atoms with van der Waals surface area (Å²) in [5.41, 5.74) is 2.91. The Morgan fingerprint density at radius 1 is 1.00 bits per heavy atom. The lowest BCUT2D eigenvalue weighted by Gasteiger charge is -2.17. The highest BCUT2D eigenvalue weighted by Gasteiger charge is 2.23. The van der Waals surface area contributed by atoms with E-state index in [0.29, 0.717) is 21.7 Å². The number of rotatable bonds is 4. The fraction of sp³-hybridized carbons (Fsp3) is 0.217. The minimum atomic E-state index is -3.81. The molecule has 0 saturated carbocycles. The van der Waals surface area contributed by atoms with E-state index in [1.165, 1.54) is 12.1 Å². The fourth-order valence-corrected chi connectivity index (χ4v) is 4.62. The highest BCUT2D eigenvalue weighted by atomic mass is 35.5. The van der Waals surface area contributed by atoms with Crippen LogP contribution in [0.4, 0.5) is 5.82 Å². The van der Waals surface area contributed by atoms with Gasteiger partial charge in [0.05, 0.1) is 16.0 Å². The number of hydrogen-bond acceptors (Lipinski definition) is 4. The first-order valence-electron chi connectivity index (χ1n) is 9.80. The Morgan fingerprint density at radius 2 is 1.71 bits per heavy atom. The number of aromatic nitrogens is 3. The van der Waals surface area contributed by atoms with Crippen molar-refractivity contribution in [3.63, 3.8) is 0 Å². The number of hydrogen-bond donors (Lipinski definition) is 1. The van der Waals surface area contributed by atoms with Crippen molar-refractivity contribution in [3.05, 3.63) is 76.9 Å². The predicted octanol–water partition coefficient (Wildman–Crippen LogP) is 5.48. The van der Waals surface area contributed by atoms with Crippen molar-refractivity contribution in [2.75, 3.05) is 4.72 Å². The quantitative estimate of drug-likeness (QED) is 0.443. The molecule has 0 fully saturated rings. The molecule has 4 aromatic rings. The largest absolute Gasteiger partial charge is 0.263 e. The summed E-state index contributed by atoms with van der Waals surface area (Å²) in [4.78, 5) is 4.99. The van der Waals surface area contributed by atoms with Crippen LogP contribution >= 0.6 is 11.6 Å². The Bertz CT molecular complexity index is 1350. The van der Waals surface area contributed by atoms with Crippen LogP contribution in [-0.2, 0) is 15.4 Å². The van der Waals surface area contributed by atoms with Crippen molar-refractivity contribution in [1.29, 1.82) is 0 Å². The van der Waals surface area contributed by atoms with Gasteiger partial charge in [-0.25, -0.2) is 18.1 Å². The highest BCUT2D eigenvalue weighted by Crippen LogP contribution is 2.30. The molecule has 1 N–H and O–H groups in total. The van der Waals surface area contributed by atoms with Crippen molar-refractivity contribution >= 4 is 38.5 Å². The molecule has 0 bridgehead atoms. The van der Waals surface area contributed by atoms with Crippen LogP contribution < -0.4 is 4.72 Å². The molecular formula is C23H23ClN4O2S. The summed E-state index contributed by atoms with van der Waals surface area (Å²) in [6, 6.07) is 17.5. The number of fused-ring (bicyclic) bond motifs is 1. The molecule has 0 spiro atoms. The first kappa shape index (κ1) is 21.3. The predicted molar refractivity (Wildman–Crippen MR) is 125 cm³/mol. The maximum Gasteiger partial charge on any atom is 0.263 e. The normalized spacial score (nSPS) is 12.3. The molecule has 0 saturated heterocycles. The van der Waals surface area contributed by atoms with Gasteiger partial charge in [0.1, 0.15) is 0 Å². The van der Waals surface area contributed by atoms with Gasteiger partial charge in [0.25, 0.3) is 10.0 Å². The molecule has 0 aliphatic rings. The zero-order valence-electron chi connectivity index (χ0n) is 17.7. The van der Waals surface area contributed by atoms with Crippen LogP contribution in [0.1, 0.15) is 32.0 Å². The van der Waals surface area contributed by atoms with E-state index in [9.17, 15) is 8.42 Å². The number of anilines is 1. The lowest BCUT2D eigenvalue weighted by molar-refractivity contribution is 0.570. The van der Waals surface area contributed by atoms with Gasteiger partial charge in [0.2, 0.25) is 0 Å². The highest BCUT2D eigenvalue weighted by molar-refractivity contribution is 7.92. The fourth-order valence-electron chi connectivity index (χ4n) is 3.29. The van der Waals surface area contributed by atoms with Crippen molar-refractivity contribution in [3.8, 4) is 5.69 Å². The van der Waals surface area contributed by atoms with E-state index in [2.05, 4.69) is 30.6 Å². The molecule has 0 atom stereocenters. The number of benzene rings is 2. The monoisotopic (exact) mass is 454 g/mol. The summed E-state index contributed by atoms with van der Waals surface area (Å²) >= 11 is 6.28. The first-order chi connectivity index (χ1) is 14.5. The van der Waals surface area contributed by atoms with Gasteiger partial charge >= 0.3 is 0 Å². The number of pyridine rings is 1. The van der Waals surface area contributed by atoms with Crippen molar-refractivity contribution in [2.45, 2.75) is 38.0 Å². The Labute approximate surface area is 186 Å². The zero-order valence-corrected chi connectivity index (χ0v) is 19.3. The molecule has 0 unspecified atom stereocenters. The number of sulfonamides is 1. The van der Waals surface area contributed by atoms with Crippen LogP contribution in [0.15, 0.2) is 65.6 Å². The lowest BCUT2D eigenvalue weighted by atomic mass is 9.91. The van der Waals surface area contributed by atoms with Crippen LogP contribution in [0, 0.1) is 6.92 Å². The number of nitrogens with zero attached hydrogens (tertiary/aromatic N) is 3. The van der Waals surface area contributed by atoms with E-state index in [-0.39, 0.29) is 16.1 Å². The van der Waals surface area contributed by atoms with Crippen molar-refractivity contribution in [1.82, 2.24) is 14.8 Å². The summed E-state index contributed by atoms with van der Waals surface area (Å²) in [7, 11) is -3.81. The van der Waals surface area contributed by atoms with Crippen LogP contribution in [0.3, 0.4) is 0 Å². The molecule has 0 aliphatic heterocycles. The number of aryl methyl sites for hydroxylation is 1. The Kier molecular flexibility index (Phi) is 5.27. The topological polar surface area (TPSA) is 76.9 Å². The Balaban J connectivity index is 1.93. The van der Waals surface area contributed by atoms with E-state index in [4.69, 9.17) is 16.6 Å². The van der Waals surface area contributed by atoms with E-state index < -0.39 is 10.0 Å². The van der Waals surface area contributed by atoms with Gasteiger partial charge in [-0.05, 0) is 55.0 Å². The number of halogens is 1. The molecule has 2 aromatic heterocycles. The molecule has 4 rings (SSSR count). The maximum absolute atomic E-state index is 12.9. The van der Waals surface area contributed by atoms with E-state index in [1.54, 1.807) is 28.9 Å². The molecule has 160 valence electrons. The summed E-state index contributed by atoms with van der Waals surface area (Å²) < 4.78 is 30.1. The maximum atomic E-state index is 12.9. The smallest absolute Gasteiger partial charge is 0.261 e. The van der Waals surface area contributed by atoms with Gasteiger partial charge < -0.3 is 0 Å². The van der Waals surface area contributed by atoms with Crippen LogP contribution in [-0.4, -0.2) is 23.2 Å². The summed E-state index contributed by atoms with van der Waals surface area (Å²) in [5, 5.41) is 5.75. The molecule has 0 amide bonds. The average molecular weight is 455 g/mol. The number of nitrogens with one attached hydrogen (secondary N) is 1. The van der Waals surface area contributed by atoms with Crippen LogP contribution in [0.25, 0.3) is 16.7 Å². The SMILES string of the molecule is Cc1cc(Cl)cc(-n2nc(NS(=O)(=O)c3ccccc3)c3ccc(C(C)(C)C)nc32)c1. The minimum absolute atomic E-state index is 0.163. The van der Waals surface area contributed by atoms with Gasteiger partial charge in [-0.15, -0.1) is 5.10 Å². The van der Waals surface area contributed by atoms with Crippen molar-refractivity contribution < 1.29 is 8.42 Å². The molecule has 2 aromatic carbocycles. The van der Waals surface area contributed by atoms with Gasteiger partial charge in [-0.3, -0.25) is 4.72 Å². The average Bonchev–Trinajstić information content (AvgIpc) is 3.04. The van der Waals surface area contributed by atoms with Crippen LogP contribution in [0.5, 0.6) is 0 Å². The van der Waals surface area contributed by atoms with E-state index >= 15 is 0 Å². The summed E-state index contributed by atoms with van der Waals surface area (Å²) in [5.74, 6) is 0.212. The third kappa shape index (κ3) is 4.29. The van der Waals surface area contributed by atoms with Gasteiger partial charge in [0, 0.05) is 16.1 Å². The second kappa shape index (κ2) is 7.66. The second-order valence-electron chi connectivity index (χ2n) is 8.48. The van der Waals surface area contributed by atoms with Crippen molar-refractivity contribution in [2.24, 2.45) is 0 Å². The summed E-state index contributed by atoms with van der Waals surface area (Å²) in [6.07, 6.45) is 0. The third-order valence-corrected chi connectivity index (χ3v) is 6.43. The lowest BCUT2D eigenvalue weighted by Crippen LogP contribution is -2.14. The van der Waals surface area contributed by atoms with Gasteiger partial charge in [0.15, 0.2) is 11.5 Å². The summed E-state index contributed by atoms with van der Waals surface area (Å²) in [6.45, 7) is 8.16.